The van der Waals surface area contributed by atoms with E-state index in [1.54, 1.807) is 6.26 Å². The minimum absolute atomic E-state index is 0.0847. The molecular weight excluding hydrogens is 416 g/mol. The summed E-state index contributed by atoms with van der Waals surface area (Å²) in [5, 5.41) is 4.83. The molecule has 5 nitrogen and oxygen atoms in total. The van der Waals surface area contributed by atoms with Crippen LogP contribution in [0.3, 0.4) is 0 Å². The van der Waals surface area contributed by atoms with Crippen molar-refractivity contribution in [2.75, 3.05) is 4.90 Å². The molecule has 0 spiro atoms. The monoisotopic (exact) mass is 434 g/mol. The predicted molar refractivity (Wildman–Crippen MR) is 122 cm³/mol. The van der Waals surface area contributed by atoms with Gasteiger partial charge in [-0.3, -0.25) is 4.98 Å². The second-order valence-corrected chi connectivity index (χ2v) is 7.94. The molecule has 2 atom stereocenters. The van der Waals surface area contributed by atoms with Crippen molar-refractivity contribution in [3.05, 3.63) is 108 Å². The zero-order chi connectivity index (χ0) is 20.5. The Morgan fingerprint density at radius 3 is 2.63 bits per heavy atom. The number of benzene rings is 1. The van der Waals surface area contributed by atoms with Crippen molar-refractivity contribution in [1.29, 1.82) is 0 Å². The van der Waals surface area contributed by atoms with Gasteiger partial charge in [0.05, 0.1) is 24.5 Å². The fourth-order valence-corrected chi connectivity index (χ4v) is 4.42. The van der Waals surface area contributed by atoms with Crippen LogP contribution in [0.15, 0.2) is 89.8 Å². The maximum absolute atomic E-state index is 6.13. The molecule has 0 amide bonds. The first kappa shape index (κ1) is 18.9. The van der Waals surface area contributed by atoms with Crippen LogP contribution in [0, 0.1) is 0 Å². The molecule has 4 heterocycles. The lowest BCUT2D eigenvalue weighted by atomic mass is 10.0. The predicted octanol–water partition coefficient (Wildman–Crippen LogP) is 5.35. The van der Waals surface area contributed by atoms with Gasteiger partial charge in [0.25, 0.3) is 0 Å². The molecule has 4 aromatic rings. The van der Waals surface area contributed by atoms with E-state index in [4.69, 9.17) is 28.2 Å². The SMILES string of the molecule is S=C1N[C@H](c2ccccn2)[C@@H](c2cccn2Cc2ccco2)N1c1ccc(Cl)cc1. The molecule has 1 N–H and O–H groups in total. The quantitative estimate of drug-likeness (QED) is 0.429. The molecule has 1 aliphatic rings. The van der Waals surface area contributed by atoms with Gasteiger partial charge < -0.3 is 19.2 Å². The Kier molecular flexibility index (Phi) is 5.02. The molecule has 1 aliphatic heterocycles. The van der Waals surface area contributed by atoms with Crippen LogP contribution in [0.1, 0.15) is 29.2 Å². The molecule has 5 rings (SSSR count). The molecule has 30 heavy (non-hydrogen) atoms. The van der Waals surface area contributed by atoms with E-state index in [2.05, 4.69) is 38.1 Å². The van der Waals surface area contributed by atoms with Gasteiger partial charge >= 0.3 is 0 Å². The standard InChI is InChI=1S/C23H19ClN4OS/c24-16-8-10-17(11-9-16)28-22(21(26-23(28)30)19-6-1-2-12-25-19)20-7-3-13-27(20)15-18-5-4-14-29-18/h1-14,21-22H,15H2,(H,26,30)/t21-,22-/m1/s1. The highest BCUT2D eigenvalue weighted by Crippen LogP contribution is 2.41. The molecule has 150 valence electrons. The van der Waals surface area contributed by atoms with Crippen LogP contribution < -0.4 is 10.2 Å². The van der Waals surface area contributed by atoms with Crippen molar-refractivity contribution >= 4 is 34.6 Å². The zero-order valence-corrected chi connectivity index (χ0v) is 17.6. The fraction of sp³-hybridized carbons (Fsp3) is 0.130. The maximum Gasteiger partial charge on any atom is 0.174 e. The van der Waals surface area contributed by atoms with Gasteiger partial charge in [0.1, 0.15) is 11.8 Å². The van der Waals surface area contributed by atoms with Gasteiger partial charge in [-0.2, -0.15) is 0 Å². The summed E-state index contributed by atoms with van der Waals surface area (Å²) >= 11 is 11.9. The number of thiocarbonyl (C=S) groups is 1. The first-order valence-electron chi connectivity index (χ1n) is 9.64. The zero-order valence-electron chi connectivity index (χ0n) is 16.0. The van der Waals surface area contributed by atoms with E-state index in [9.17, 15) is 0 Å². The van der Waals surface area contributed by atoms with Crippen molar-refractivity contribution in [3.8, 4) is 0 Å². The van der Waals surface area contributed by atoms with Gasteiger partial charge in [-0.15, -0.1) is 0 Å². The van der Waals surface area contributed by atoms with E-state index < -0.39 is 0 Å². The highest BCUT2D eigenvalue weighted by atomic mass is 35.5. The third kappa shape index (κ3) is 3.49. The van der Waals surface area contributed by atoms with Gasteiger partial charge in [0, 0.05) is 28.8 Å². The van der Waals surface area contributed by atoms with Gasteiger partial charge in [-0.05, 0) is 72.9 Å². The summed E-state index contributed by atoms with van der Waals surface area (Å²) in [5.41, 5.74) is 3.03. The molecule has 0 saturated carbocycles. The molecule has 0 bridgehead atoms. The summed E-state index contributed by atoms with van der Waals surface area (Å²) < 4.78 is 7.77. The van der Waals surface area contributed by atoms with Crippen LogP contribution in [0.4, 0.5) is 5.69 Å². The largest absolute Gasteiger partial charge is 0.467 e. The van der Waals surface area contributed by atoms with E-state index in [1.807, 2.05) is 60.8 Å². The molecule has 1 saturated heterocycles. The fourth-order valence-electron chi connectivity index (χ4n) is 3.95. The van der Waals surface area contributed by atoms with E-state index in [-0.39, 0.29) is 12.1 Å². The third-order valence-electron chi connectivity index (χ3n) is 5.28. The molecule has 0 radical (unpaired) electrons. The summed E-state index contributed by atoms with van der Waals surface area (Å²) in [6, 6.07) is 21.6. The lowest BCUT2D eigenvalue weighted by Crippen LogP contribution is -2.30. The van der Waals surface area contributed by atoms with Crippen LogP contribution >= 0.6 is 23.8 Å². The van der Waals surface area contributed by atoms with Gasteiger partial charge in [-0.25, -0.2) is 0 Å². The van der Waals surface area contributed by atoms with Crippen molar-refractivity contribution < 1.29 is 4.42 Å². The Labute approximate surface area is 184 Å². The number of nitrogens with one attached hydrogen (secondary N) is 1. The summed E-state index contributed by atoms with van der Waals surface area (Å²) in [4.78, 5) is 6.74. The van der Waals surface area contributed by atoms with Crippen molar-refractivity contribution in [1.82, 2.24) is 14.9 Å². The minimum Gasteiger partial charge on any atom is -0.467 e. The average molecular weight is 435 g/mol. The molecule has 0 aliphatic carbocycles. The number of hydrogen-bond acceptors (Lipinski definition) is 3. The summed E-state index contributed by atoms with van der Waals surface area (Å²) in [7, 11) is 0. The molecule has 1 aromatic carbocycles. The van der Waals surface area contributed by atoms with Crippen molar-refractivity contribution in [2.24, 2.45) is 0 Å². The van der Waals surface area contributed by atoms with Gasteiger partial charge in [0.15, 0.2) is 5.11 Å². The Morgan fingerprint density at radius 1 is 1.03 bits per heavy atom. The minimum atomic E-state index is -0.0976. The number of anilines is 1. The van der Waals surface area contributed by atoms with Crippen LogP contribution in [-0.4, -0.2) is 14.7 Å². The smallest absolute Gasteiger partial charge is 0.174 e. The van der Waals surface area contributed by atoms with E-state index >= 15 is 0 Å². The topological polar surface area (TPSA) is 46.2 Å². The maximum atomic E-state index is 6.13. The summed E-state index contributed by atoms with van der Waals surface area (Å²) in [6.45, 7) is 0.641. The van der Waals surface area contributed by atoms with E-state index in [0.29, 0.717) is 16.7 Å². The Bertz CT molecular complexity index is 1140. The Balaban J connectivity index is 1.60. The first-order valence-corrected chi connectivity index (χ1v) is 10.4. The third-order valence-corrected chi connectivity index (χ3v) is 5.84. The van der Waals surface area contributed by atoms with E-state index in [0.717, 1.165) is 22.8 Å². The second kappa shape index (κ2) is 7.97. The first-order chi connectivity index (χ1) is 14.7. The normalized spacial score (nSPS) is 18.6. The molecule has 7 heteroatoms. The second-order valence-electron chi connectivity index (χ2n) is 7.11. The van der Waals surface area contributed by atoms with Gasteiger partial charge in [-0.1, -0.05) is 17.7 Å². The number of rotatable bonds is 5. The van der Waals surface area contributed by atoms with Gasteiger partial charge in [0.2, 0.25) is 0 Å². The molecule has 0 unspecified atom stereocenters. The number of pyridine rings is 1. The van der Waals surface area contributed by atoms with Crippen LogP contribution in [0.2, 0.25) is 5.02 Å². The Morgan fingerprint density at radius 2 is 1.90 bits per heavy atom. The van der Waals surface area contributed by atoms with Crippen molar-refractivity contribution in [3.63, 3.8) is 0 Å². The lowest BCUT2D eigenvalue weighted by Gasteiger charge is -2.29. The number of furan rings is 1. The summed E-state index contributed by atoms with van der Waals surface area (Å²) in [5.74, 6) is 0.897. The van der Waals surface area contributed by atoms with E-state index in [1.165, 1.54) is 0 Å². The number of halogens is 1. The summed E-state index contributed by atoms with van der Waals surface area (Å²) in [6.07, 6.45) is 5.57. The molecular formula is C23H19ClN4OS. The van der Waals surface area contributed by atoms with Crippen LogP contribution in [-0.2, 0) is 6.54 Å². The van der Waals surface area contributed by atoms with Crippen LogP contribution in [0.25, 0.3) is 0 Å². The number of nitrogens with zero attached hydrogens (tertiary/aromatic N) is 3. The highest BCUT2D eigenvalue weighted by Gasteiger charge is 2.42. The number of hydrogen-bond donors (Lipinski definition) is 1. The molecule has 3 aromatic heterocycles. The highest BCUT2D eigenvalue weighted by molar-refractivity contribution is 7.80. The van der Waals surface area contributed by atoms with Crippen molar-refractivity contribution in [2.45, 2.75) is 18.6 Å². The Hall–Kier alpha value is -3.09. The van der Waals surface area contributed by atoms with Crippen LogP contribution in [0.5, 0.6) is 0 Å². The average Bonchev–Trinajstić information content (AvgIpc) is 3.50. The molecule has 1 fully saturated rings. The number of aromatic nitrogens is 2. The lowest BCUT2D eigenvalue weighted by molar-refractivity contribution is 0.475.